The molecule has 0 amide bonds. The predicted octanol–water partition coefficient (Wildman–Crippen LogP) is 1.14. The highest BCUT2D eigenvalue weighted by atomic mass is 16.5. The second-order valence-electron chi connectivity index (χ2n) is 4.93. The highest BCUT2D eigenvalue weighted by Crippen LogP contribution is 2.15. The standard InChI is InChI=1S/C12H24N6O/c1-6-18(7-2)11-15-9(13)14-10(16-11)17-12(3,4)8-19-5/h6-8H2,1-5H3,(H3,13,14,15,16,17). The molecular formula is C12H24N6O. The normalized spacial score (nSPS) is 11.4. The average molecular weight is 268 g/mol. The van der Waals surface area contributed by atoms with Gasteiger partial charge in [0.05, 0.1) is 12.1 Å². The van der Waals surface area contributed by atoms with Crippen molar-refractivity contribution < 1.29 is 4.74 Å². The van der Waals surface area contributed by atoms with Gasteiger partial charge in [0.15, 0.2) is 0 Å². The first kappa shape index (κ1) is 15.4. The van der Waals surface area contributed by atoms with E-state index in [-0.39, 0.29) is 11.5 Å². The molecule has 0 atom stereocenters. The van der Waals surface area contributed by atoms with Crippen LogP contribution in [0, 0.1) is 0 Å². The number of methoxy groups -OCH3 is 1. The Morgan fingerprint density at radius 3 is 2.37 bits per heavy atom. The molecule has 0 aliphatic heterocycles. The van der Waals surface area contributed by atoms with Crippen LogP contribution in [0.5, 0.6) is 0 Å². The van der Waals surface area contributed by atoms with Crippen LogP contribution >= 0.6 is 0 Å². The van der Waals surface area contributed by atoms with Crippen LogP contribution in [0.1, 0.15) is 27.7 Å². The summed E-state index contributed by atoms with van der Waals surface area (Å²) in [5.41, 5.74) is 5.46. The first-order valence-electron chi connectivity index (χ1n) is 6.45. The minimum absolute atomic E-state index is 0.215. The lowest BCUT2D eigenvalue weighted by Crippen LogP contribution is -2.37. The Morgan fingerprint density at radius 1 is 1.21 bits per heavy atom. The van der Waals surface area contributed by atoms with E-state index in [1.807, 2.05) is 32.6 Å². The minimum atomic E-state index is -0.275. The van der Waals surface area contributed by atoms with Crippen LogP contribution in [0.2, 0.25) is 0 Å². The Balaban J connectivity index is 2.96. The van der Waals surface area contributed by atoms with Crippen LogP contribution in [-0.2, 0) is 4.74 Å². The Bertz CT molecular complexity index is 405. The van der Waals surface area contributed by atoms with Gasteiger partial charge in [0.1, 0.15) is 0 Å². The summed E-state index contributed by atoms with van der Waals surface area (Å²) in [6, 6.07) is 0. The summed E-state index contributed by atoms with van der Waals surface area (Å²) in [6.45, 7) is 10.3. The van der Waals surface area contributed by atoms with Gasteiger partial charge < -0.3 is 20.7 Å². The van der Waals surface area contributed by atoms with Crippen LogP contribution in [-0.4, -0.2) is 47.3 Å². The second kappa shape index (κ2) is 6.51. The molecule has 0 saturated carbocycles. The Hall–Kier alpha value is -1.63. The summed E-state index contributed by atoms with van der Waals surface area (Å²) in [7, 11) is 1.66. The molecule has 0 spiro atoms. The van der Waals surface area contributed by atoms with Crippen molar-refractivity contribution in [2.75, 3.05) is 42.8 Å². The number of hydrogen-bond donors (Lipinski definition) is 2. The zero-order valence-electron chi connectivity index (χ0n) is 12.4. The highest BCUT2D eigenvalue weighted by Gasteiger charge is 2.20. The number of nitrogens with two attached hydrogens (primary N) is 1. The summed E-state index contributed by atoms with van der Waals surface area (Å²) < 4.78 is 5.15. The number of nitrogens with zero attached hydrogens (tertiary/aromatic N) is 4. The summed E-state index contributed by atoms with van der Waals surface area (Å²) >= 11 is 0. The van der Waals surface area contributed by atoms with Crippen molar-refractivity contribution >= 4 is 17.8 Å². The van der Waals surface area contributed by atoms with Crippen molar-refractivity contribution in [2.45, 2.75) is 33.2 Å². The van der Waals surface area contributed by atoms with E-state index >= 15 is 0 Å². The summed E-state index contributed by atoms with van der Waals surface area (Å²) in [5, 5.41) is 3.21. The van der Waals surface area contributed by atoms with Crippen molar-refractivity contribution in [2.24, 2.45) is 0 Å². The van der Waals surface area contributed by atoms with Crippen LogP contribution in [0.15, 0.2) is 0 Å². The topological polar surface area (TPSA) is 89.2 Å². The Kier molecular flexibility index (Phi) is 5.29. The lowest BCUT2D eigenvalue weighted by atomic mass is 10.1. The number of rotatable bonds is 7. The lowest BCUT2D eigenvalue weighted by Gasteiger charge is -2.26. The molecule has 1 aromatic heterocycles. The van der Waals surface area contributed by atoms with Gasteiger partial charge in [-0.15, -0.1) is 0 Å². The number of hydrogen-bond acceptors (Lipinski definition) is 7. The molecule has 1 rings (SSSR count). The summed E-state index contributed by atoms with van der Waals surface area (Å²) in [6.07, 6.45) is 0. The van der Waals surface area contributed by atoms with Crippen LogP contribution in [0.3, 0.4) is 0 Å². The van der Waals surface area contributed by atoms with Crippen LogP contribution < -0.4 is 16.0 Å². The molecule has 0 aromatic carbocycles. The van der Waals surface area contributed by atoms with E-state index in [4.69, 9.17) is 10.5 Å². The van der Waals surface area contributed by atoms with E-state index in [2.05, 4.69) is 20.3 Å². The van der Waals surface area contributed by atoms with Crippen molar-refractivity contribution in [1.82, 2.24) is 15.0 Å². The maximum absolute atomic E-state index is 5.74. The highest BCUT2D eigenvalue weighted by molar-refractivity contribution is 5.42. The van der Waals surface area contributed by atoms with Crippen LogP contribution in [0.25, 0.3) is 0 Å². The van der Waals surface area contributed by atoms with E-state index in [1.165, 1.54) is 0 Å². The smallest absolute Gasteiger partial charge is 0.231 e. The minimum Gasteiger partial charge on any atom is -0.382 e. The monoisotopic (exact) mass is 268 g/mol. The first-order chi connectivity index (χ1) is 8.91. The molecule has 0 unspecified atom stereocenters. The molecule has 0 bridgehead atoms. The molecular weight excluding hydrogens is 244 g/mol. The third-order valence-electron chi connectivity index (χ3n) is 2.64. The van der Waals surface area contributed by atoms with Crippen molar-refractivity contribution in [3.05, 3.63) is 0 Å². The zero-order chi connectivity index (χ0) is 14.5. The fraction of sp³-hybridized carbons (Fsp3) is 0.750. The molecule has 1 heterocycles. The number of ether oxygens (including phenoxy) is 1. The molecule has 108 valence electrons. The van der Waals surface area contributed by atoms with Gasteiger partial charge in [0, 0.05) is 20.2 Å². The Labute approximate surface area is 114 Å². The quantitative estimate of drug-likeness (QED) is 0.766. The maximum Gasteiger partial charge on any atom is 0.231 e. The lowest BCUT2D eigenvalue weighted by molar-refractivity contribution is 0.158. The molecule has 19 heavy (non-hydrogen) atoms. The van der Waals surface area contributed by atoms with Crippen LogP contribution in [0.4, 0.5) is 17.8 Å². The van der Waals surface area contributed by atoms with Crippen molar-refractivity contribution in [3.63, 3.8) is 0 Å². The maximum atomic E-state index is 5.74. The molecule has 0 radical (unpaired) electrons. The fourth-order valence-corrected chi connectivity index (χ4v) is 1.78. The van der Waals surface area contributed by atoms with Gasteiger partial charge in [-0.3, -0.25) is 0 Å². The van der Waals surface area contributed by atoms with Gasteiger partial charge in [-0.05, 0) is 27.7 Å². The van der Waals surface area contributed by atoms with Gasteiger partial charge in [0.25, 0.3) is 0 Å². The van der Waals surface area contributed by atoms with E-state index in [0.717, 1.165) is 13.1 Å². The van der Waals surface area contributed by atoms with Gasteiger partial charge in [-0.1, -0.05) is 0 Å². The molecule has 3 N–H and O–H groups in total. The summed E-state index contributed by atoms with van der Waals surface area (Å²) in [5.74, 6) is 1.28. The molecule has 7 nitrogen and oxygen atoms in total. The number of nitrogens with one attached hydrogen (secondary N) is 1. The van der Waals surface area contributed by atoms with Crippen molar-refractivity contribution in [1.29, 1.82) is 0 Å². The van der Waals surface area contributed by atoms with E-state index < -0.39 is 0 Å². The zero-order valence-corrected chi connectivity index (χ0v) is 12.4. The molecule has 1 aromatic rings. The van der Waals surface area contributed by atoms with Gasteiger partial charge in [-0.25, -0.2) is 0 Å². The van der Waals surface area contributed by atoms with E-state index in [9.17, 15) is 0 Å². The SMILES string of the molecule is CCN(CC)c1nc(N)nc(NC(C)(C)COC)n1. The molecule has 0 saturated heterocycles. The number of anilines is 3. The summed E-state index contributed by atoms with van der Waals surface area (Å²) in [4.78, 5) is 14.7. The Morgan fingerprint density at radius 2 is 1.84 bits per heavy atom. The number of nitrogen functional groups attached to an aromatic ring is 1. The average Bonchev–Trinajstić information content (AvgIpc) is 2.28. The van der Waals surface area contributed by atoms with E-state index in [1.54, 1.807) is 7.11 Å². The predicted molar refractivity (Wildman–Crippen MR) is 77.4 cm³/mol. The fourth-order valence-electron chi connectivity index (χ4n) is 1.78. The molecule has 0 aliphatic carbocycles. The first-order valence-corrected chi connectivity index (χ1v) is 6.45. The molecule has 0 fully saturated rings. The van der Waals surface area contributed by atoms with Gasteiger partial charge in [0.2, 0.25) is 17.8 Å². The van der Waals surface area contributed by atoms with E-state index in [0.29, 0.717) is 18.5 Å². The van der Waals surface area contributed by atoms with Crippen molar-refractivity contribution in [3.8, 4) is 0 Å². The van der Waals surface area contributed by atoms with Gasteiger partial charge >= 0.3 is 0 Å². The third-order valence-corrected chi connectivity index (χ3v) is 2.64. The number of aromatic nitrogens is 3. The molecule has 7 heteroatoms. The van der Waals surface area contributed by atoms with Gasteiger partial charge in [-0.2, -0.15) is 15.0 Å². The molecule has 0 aliphatic rings. The second-order valence-corrected chi connectivity index (χ2v) is 4.93. The third kappa shape index (κ3) is 4.51. The largest absolute Gasteiger partial charge is 0.382 e.